The van der Waals surface area contributed by atoms with Crippen molar-refractivity contribution in [2.24, 2.45) is 0 Å². The topological polar surface area (TPSA) is 85.1 Å². The molecule has 0 aliphatic rings. The van der Waals surface area contributed by atoms with Gasteiger partial charge in [-0.1, -0.05) is 36.4 Å². The summed E-state index contributed by atoms with van der Waals surface area (Å²) in [7, 11) is 0. The minimum atomic E-state index is -0.456. The Bertz CT molecular complexity index is 980. The number of nitro groups is 1. The number of benzene rings is 2. The summed E-state index contributed by atoms with van der Waals surface area (Å²) in [6.45, 7) is 4.41. The van der Waals surface area contributed by atoms with Crippen molar-refractivity contribution in [1.29, 1.82) is 0 Å². The van der Waals surface area contributed by atoms with Crippen molar-refractivity contribution in [3.05, 3.63) is 80.3 Å². The van der Waals surface area contributed by atoms with Gasteiger partial charge in [-0.15, -0.1) is 11.3 Å². The van der Waals surface area contributed by atoms with Crippen molar-refractivity contribution in [2.45, 2.75) is 26.8 Å². The summed E-state index contributed by atoms with van der Waals surface area (Å²) in [6.07, 6.45) is 0.181. The molecule has 138 valence electrons. The Labute approximate surface area is 161 Å². The van der Waals surface area contributed by atoms with E-state index in [1.165, 1.54) is 17.7 Å². The molecule has 1 aromatic heterocycles. The first-order valence-corrected chi connectivity index (χ1v) is 9.28. The van der Waals surface area contributed by atoms with Crippen LogP contribution in [0.4, 0.5) is 5.69 Å². The molecule has 3 rings (SSSR count). The quantitative estimate of drug-likeness (QED) is 0.512. The van der Waals surface area contributed by atoms with E-state index in [9.17, 15) is 14.9 Å². The Morgan fingerprint density at radius 1 is 1.15 bits per heavy atom. The third-order valence-electron chi connectivity index (χ3n) is 4.23. The van der Waals surface area contributed by atoms with Gasteiger partial charge in [0.05, 0.1) is 23.6 Å². The first kappa shape index (κ1) is 18.7. The lowest BCUT2D eigenvalue weighted by molar-refractivity contribution is -0.384. The molecule has 1 heterocycles. The van der Waals surface area contributed by atoms with E-state index in [0.717, 1.165) is 26.7 Å². The van der Waals surface area contributed by atoms with Gasteiger partial charge >= 0.3 is 0 Å². The molecule has 0 saturated heterocycles. The van der Waals surface area contributed by atoms with E-state index < -0.39 is 4.92 Å². The number of carbonyl (C=O) groups is 1. The standard InChI is InChI=1S/C20H19N3O3S/c1-13-5-3-4-6-17(13)20-22-14(2)18(27-20)12-21-19(24)11-15-7-9-16(10-8-15)23(25)26/h3-10H,11-12H2,1-2H3,(H,21,24). The van der Waals surface area contributed by atoms with Crippen LogP contribution in [0.2, 0.25) is 0 Å². The third-order valence-corrected chi connectivity index (χ3v) is 5.42. The van der Waals surface area contributed by atoms with Crippen molar-refractivity contribution in [3.63, 3.8) is 0 Å². The molecule has 0 fully saturated rings. The molecule has 2 aromatic carbocycles. The number of hydrogen-bond donors (Lipinski definition) is 1. The number of amides is 1. The molecule has 0 atom stereocenters. The lowest BCUT2D eigenvalue weighted by Gasteiger charge is -2.04. The number of aryl methyl sites for hydroxylation is 2. The molecular formula is C20H19N3O3S. The van der Waals surface area contributed by atoms with Crippen LogP contribution in [-0.4, -0.2) is 15.8 Å². The fraction of sp³-hybridized carbons (Fsp3) is 0.200. The summed E-state index contributed by atoms with van der Waals surface area (Å²) in [5.74, 6) is -0.130. The van der Waals surface area contributed by atoms with Crippen molar-refractivity contribution in [3.8, 4) is 10.6 Å². The minimum absolute atomic E-state index is 0.0168. The lowest BCUT2D eigenvalue weighted by Crippen LogP contribution is -2.24. The smallest absolute Gasteiger partial charge is 0.269 e. The second kappa shape index (κ2) is 8.09. The zero-order chi connectivity index (χ0) is 19.4. The van der Waals surface area contributed by atoms with Crippen LogP contribution in [0.15, 0.2) is 48.5 Å². The fourth-order valence-electron chi connectivity index (χ4n) is 2.68. The van der Waals surface area contributed by atoms with Crippen LogP contribution < -0.4 is 5.32 Å². The average molecular weight is 381 g/mol. The molecule has 3 aromatic rings. The van der Waals surface area contributed by atoms with Gasteiger partial charge in [0.15, 0.2) is 0 Å². The fourth-order valence-corrected chi connectivity index (χ4v) is 3.78. The minimum Gasteiger partial charge on any atom is -0.351 e. The van der Waals surface area contributed by atoms with Gasteiger partial charge in [0.2, 0.25) is 5.91 Å². The van der Waals surface area contributed by atoms with Crippen LogP contribution in [0.3, 0.4) is 0 Å². The van der Waals surface area contributed by atoms with Gasteiger partial charge in [-0.25, -0.2) is 4.98 Å². The normalized spacial score (nSPS) is 10.6. The van der Waals surface area contributed by atoms with E-state index in [4.69, 9.17) is 0 Å². The SMILES string of the molecule is Cc1ccccc1-c1nc(C)c(CNC(=O)Cc2ccc([N+](=O)[O-])cc2)s1. The highest BCUT2D eigenvalue weighted by atomic mass is 32.1. The molecule has 0 unspecified atom stereocenters. The highest BCUT2D eigenvalue weighted by Gasteiger charge is 2.12. The zero-order valence-electron chi connectivity index (χ0n) is 15.1. The molecule has 0 aliphatic carbocycles. The molecular weight excluding hydrogens is 362 g/mol. The van der Waals surface area contributed by atoms with Gasteiger partial charge in [-0.3, -0.25) is 14.9 Å². The molecule has 7 heteroatoms. The average Bonchev–Trinajstić information content (AvgIpc) is 3.01. The van der Waals surface area contributed by atoms with Crippen LogP contribution in [0, 0.1) is 24.0 Å². The highest BCUT2D eigenvalue weighted by molar-refractivity contribution is 7.15. The maximum atomic E-state index is 12.2. The van der Waals surface area contributed by atoms with Gasteiger partial charge in [0.1, 0.15) is 5.01 Å². The third kappa shape index (κ3) is 4.57. The number of carbonyl (C=O) groups excluding carboxylic acids is 1. The van der Waals surface area contributed by atoms with Crippen molar-refractivity contribution in [1.82, 2.24) is 10.3 Å². The molecule has 0 spiro atoms. The molecule has 0 saturated carbocycles. The zero-order valence-corrected chi connectivity index (χ0v) is 15.9. The Balaban J connectivity index is 1.62. The van der Waals surface area contributed by atoms with Crippen LogP contribution in [0.1, 0.15) is 21.7 Å². The number of thiazole rings is 1. The number of nitrogens with one attached hydrogen (secondary N) is 1. The maximum absolute atomic E-state index is 12.2. The number of non-ortho nitro benzene ring substituents is 1. The molecule has 0 aliphatic heterocycles. The lowest BCUT2D eigenvalue weighted by atomic mass is 10.1. The number of hydrogen-bond acceptors (Lipinski definition) is 5. The van der Waals surface area contributed by atoms with Gasteiger partial charge in [-0.05, 0) is 25.0 Å². The van der Waals surface area contributed by atoms with Crippen LogP contribution in [0.5, 0.6) is 0 Å². The molecule has 0 bridgehead atoms. The summed E-state index contributed by atoms with van der Waals surface area (Å²) in [5.41, 5.74) is 3.94. The van der Waals surface area contributed by atoms with E-state index in [1.54, 1.807) is 23.5 Å². The first-order valence-electron chi connectivity index (χ1n) is 8.46. The van der Waals surface area contributed by atoms with Crippen LogP contribution in [0.25, 0.3) is 10.6 Å². The van der Waals surface area contributed by atoms with Crippen LogP contribution >= 0.6 is 11.3 Å². The summed E-state index contributed by atoms with van der Waals surface area (Å²) >= 11 is 1.58. The number of nitrogens with zero attached hydrogens (tertiary/aromatic N) is 2. The predicted octanol–water partition coefficient (Wildman–Crippen LogP) is 4.19. The van der Waals surface area contributed by atoms with Gasteiger partial charge in [0.25, 0.3) is 5.69 Å². The van der Waals surface area contributed by atoms with Gasteiger partial charge in [0, 0.05) is 22.6 Å². The van der Waals surface area contributed by atoms with Crippen molar-refractivity contribution < 1.29 is 9.72 Å². The summed E-state index contributed by atoms with van der Waals surface area (Å²) in [4.78, 5) is 28.1. The largest absolute Gasteiger partial charge is 0.351 e. The number of rotatable bonds is 6. The van der Waals surface area contributed by atoms with Crippen molar-refractivity contribution >= 4 is 22.9 Å². The number of nitro benzene ring substituents is 1. The second-order valence-electron chi connectivity index (χ2n) is 6.22. The highest BCUT2D eigenvalue weighted by Crippen LogP contribution is 2.30. The van der Waals surface area contributed by atoms with E-state index in [0.29, 0.717) is 6.54 Å². The van der Waals surface area contributed by atoms with E-state index >= 15 is 0 Å². The molecule has 27 heavy (non-hydrogen) atoms. The summed E-state index contributed by atoms with van der Waals surface area (Å²) in [5, 5.41) is 14.5. The molecule has 0 radical (unpaired) electrons. The predicted molar refractivity (Wildman–Crippen MR) is 106 cm³/mol. The van der Waals surface area contributed by atoms with Crippen molar-refractivity contribution in [2.75, 3.05) is 0 Å². The maximum Gasteiger partial charge on any atom is 0.269 e. The van der Waals surface area contributed by atoms with Crippen LogP contribution in [-0.2, 0) is 17.8 Å². The Morgan fingerprint density at radius 3 is 2.52 bits per heavy atom. The summed E-state index contributed by atoms with van der Waals surface area (Å²) < 4.78 is 0. The van der Waals surface area contributed by atoms with Gasteiger partial charge in [-0.2, -0.15) is 0 Å². The second-order valence-corrected chi connectivity index (χ2v) is 7.30. The monoisotopic (exact) mass is 381 g/mol. The van der Waals surface area contributed by atoms with Gasteiger partial charge < -0.3 is 5.32 Å². The van der Waals surface area contributed by atoms with E-state index in [1.807, 2.05) is 25.1 Å². The Kier molecular flexibility index (Phi) is 5.61. The summed E-state index contributed by atoms with van der Waals surface area (Å²) in [6, 6.07) is 14.1. The van der Waals surface area contributed by atoms with E-state index in [-0.39, 0.29) is 18.0 Å². The number of aromatic nitrogens is 1. The van der Waals surface area contributed by atoms with E-state index in [2.05, 4.69) is 23.3 Å². The Hall–Kier alpha value is -3.06. The molecule has 1 N–H and O–H groups in total. The molecule has 6 nitrogen and oxygen atoms in total. The molecule has 1 amide bonds. The Morgan fingerprint density at radius 2 is 1.85 bits per heavy atom. The first-order chi connectivity index (χ1) is 12.9.